The minimum Gasteiger partial charge on any atom is -0.495 e. The highest BCUT2D eigenvalue weighted by Crippen LogP contribution is 2.30. The third-order valence-corrected chi connectivity index (χ3v) is 6.77. The lowest BCUT2D eigenvalue weighted by atomic mass is 10.2. The van der Waals surface area contributed by atoms with E-state index in [0.717, 1.165) is 10.4 Å². The molecule has 2 amide bonds. The number of thioether (sulfide) groups is 1. The Labute approximate surface area is 193 Å². The maximum Gasteiger partial charge on any atom is 0.263 e. The Bertz CT molecular complexity index is 1260. The smallest absolute Gasteiger partial charge is 0.263 e. The number of aromatic nitrogens is 2. The molecule has 2 N–H and O–H groups in total. The molecule has 0 unspecified atom stereocenters. The van der Waals surface area contributed by atoms with Crippen molar-refractivity contribution in [3.8, 4) is 5.75 Å². The van der Waals surface area contributed by atoms with Gasteiger partial charge in [0.2, 0.25) is 11.8 Å². The molecular weight excluding hydrogens is 448 g/mol. The van der Waals surface area contributed by atoms with Gasteiger partial charge in [-0.05, 0) is 37.6 Å². The zero-order chi connectivity index (χ0) is 23.4. The number of nitrogens with zero attached hydrogens (tertiary/aromatic N) is 2. The first-order chi connectivity index (χ1) is 15.2. The first-order valence-corrected chi connectivity index (χ1v) is 11.5. The second kappa shape index (κ2) is 10.0. The summed E-state index contributed by atoms with van der Waals surface area (Å²) in [4.78, 5) is 43.4. The average Bonchev–Trinajstić information content (AvgIpc) is 3.02. The number of fused-ring (bicyclic) bond motifs is 1. The molecule has 1 aromatic carbocycles. The number of anilines is 2. The molecule has 0 aliphatic heterocycles. The van der Waals surface area contributed by atoms with Gasteiger partial charge in [-0.2, -0.15) is 0 Å². The van der Waals surface area contributed by atoms with Crippen molar-refractivity contribution in [2.75, 3.05) is 23.5 Å². The molecule has 3 rings (SSSR count). The highest BCUT2D eigenvalue weighted by molar-refractivity contribution is 7.99. The SMILES string of the molecule is C=CCn1c(SCC(=O)Nc2cc(NC(C)=O)ccc2OC)nc2sc(C)c(C)c2c1=O. The number of hydrogen-bond acceptors (Lipinski definition) is 7. The van der Waals surface area contributed by atoms with Crippen LogP contribution in [0.5, 0.6) is 5.75 Å². The number of thiophene rings is 1. The molecule has 168 valence electrons. The van der Waals surface area contributed by atoms with E-state index >= 15 is 0 Å². The molecule has 10 heteroatoms. The Balaban J connectivity index is 1.83. The van der Waals surface area contributed by atoms with Gasteiger partial charge in [0, 0.05) is 24.0 Å². The number of nitrogens with one attached hydrogen (secondary N) is 2. The Morgan fingerprint density at radius 2 is 2.06 bits per heavy atom. The largest absolute Gasteiger partial charge is 0.495 e. The summed E-state index contributed by atoms with van der Waals surface area (Å²) in [6.07, 6.45) is 1.63. The molecule has 0 radical (unpaired) electrons. The molecular formula is C22H24N4O4S2. The molecule has 0 atom stereocenters. The van der Waals surface area contributed by atoms with Crippen molar-refractivity contribution in [1.29, 1.82) is 0 Å². The second-order valence-corrected chi connectivity index (χ2v) is 9.14. The molecule has 2 aromatic heterocycles. The highest BCUT2D eigenvalue weighted by atomic mass is 32.2. The van der Waals surface area contributed by atoms with Crippen molar-refractivity contribution < 1.29 is 14.3 Å². The van der Waals surface area contributed by atoms with Gasteiger partial charge >= 0.3 is 0 Å². The van der Waals surface area contributed by atoms with Crippen LogP contribution in [0.2, 0.25) is 0 Å². The van der Waals surface area contributed by atoms with Gasteiger partial charge < -0.3 is 15.4 Å². The van der Waals surface area contributed by atoms with E-state index in [4.69, 9.17) is 4.74 Å². The number of aryl methyl sites for hydroxylation is 2. The fourth-order valence-corrected chi connectivity index (χ4v) is 4.99. The lowest BCUT2D eigenvalue weighted by molar-refractivity contribution is -0.114. The van der Waals surface area contributed by atoms with Crippen LogP contribution < -0.4 is 20.9 Å². The van der Waals surface area contributed by atoms with Crippen LogP contribution in [-0.2, 0) is 16.1 Å². The Morgan fingerprint density at radius 3 is 2.72 bits per heavy atom. The predicted molar refractivity (Wildman–Crippen MR) is 130 cm³/mol. The monoisotopic (exact) mass is 472 g/mol. The highest BCUT2D eigenvalue weighted by Gasteiger charge is 2.17. The van der Waals surface area contributed by atoms with Gasteiger partial charge in [0.25, 0.3) is 5.56 Å². The zero-order valence-corrected chi connectivity index (χ0v) is 19.9. The standard InChI is InChI=1S/C22H24N4O4S2/c1-6-9-26-21(29)19-12(2)13(3)32-20(19)25-22(26)31-11-18(28)24-16-10-15(23-14(4)27)7-8-17(16)30-5/h6-8,10H,1,9,11H2,2-5H3,(H,23,27)(H,24,28). The molecule has 32 heavy (non-hydrogen) atoms. The normalized spacial score (nSPS) is 10.8. The van der Waals surface area contributed by atoms with Crippen LogP contribution in [0.1, 0.15) is 17.4 Å². The van der Waals surface area contributed by atoms with Crippen molar-refractivity contribution in [1.82, 2.24) is 9.55 Å². The molecule has 3 aromatic rings. The summed E-state index contributed by atoms with van der Waals surface area (Å²) in [5.74, 6) is -0.0218. The third-order valence-electron chi connectivity index (χ3n) is 4.69. The summed E-state index contributed by atoms with van der Waals surface area (Å²) in [6.45, 7) is 9.31. The van der Waals surface area contributed by atoms with Gasteiger partial charge in [0.1, 0.15) is 10.6 Å². The van der Waals surface area contributed by atoms with Crippen LogP contribution in [-0.4, -0.2) is 34.2 Å². The fraction of sp³-hybridized carbons (Fsp3) is 0.273. The molecule has 0 aliphatic rings. The molecule has 0 saturated heterocycles. The van der Waals surface area contributed by atoms with Crippen molar-refractivity contribution in [3.05, 3.63) is 51.6 Å². The lowest BCUT2D eigenvalue weighted by Crippen LogP contribution is -2.23. The van der Waals surface area contributed by atoms with Crippen molar-refractivity contribution in [2.45, 2.75) is 32.5 Å². The van der Waals surface area contributed by atoms with Crippen molar-refractivity contribution >= 4 is 56.5 Å². The molecule has 0 bridgehead atoms. The molecule has 8 nitrogen and oxygen atoms in total. The van der Waals surface area contributed by atoms with E-state index in [1.54, 1.807) is 24.3 Å². The van der Waals surface area contributed by atoms with E-state index in [0.29, 0.717) is 39.0 Å². The van der Waals surface area contributed by atoms with E-state index in [-0.39, 0.29) is 23.1 Å². The van der Waals surface area contributed by atoms with Gasteiger partial charge in [-0.1, -0.05) is 17.8 Å². The van der Waals surface area contributed by atoms with Gasteiger partial charge in [-0.3, -0.25) is 19.0 Å². The maximum absolute atomic E-state index is 13.0. The quantitative estimate of drug-likeness (QED) is 0.292. The predicted octanol–water partition coefficient (Wildman–Crippen LogP) is 3.96. The third kappa shape index (κ3) is 5.03. The summed E-state index contributed by atoms with van der Waals surface area (Å²) in [6, 6.07) is 4.97. The van der Waals surface area contributed by atoms with Crippen molar-refractivity contribution in [2.24, 2.45) is 0 Å². The first kappa shape index (κ1) is 23.6. The number of allylic oxidation sites excluding steroid dienone is 1. The minimum absolute atomic E-state index is 0.0337. The summed E-state index contributed by atoms with van der Waals surface area (Å²) in [5.41, 5.74) is 1.77. The van der Waals surface area contributed by atoms with Crippen LogP contribution in [0.15, 0.2) is 40.8 Å². The number of methoxy groups -OCH3 is 1. The Hall–Kier alpha value is -3.11. The van der Waals surface area contributed by atoms with E-state index in [1.165, 1.54) is 41.7 Å². The molecule has 0 saturated carbocycles. The Kier molecular flexibility index (Phi) is 7.37. The van der Waals surface area contributed by atoms with Gasteiger partial charge in [-0.15, -0.1) is 17.9 Å². The van der Waals surface area contributed by atoms with Crippen LogP contribution >= 0.6 is 23.1 Å². The van der Waals surface area contributed by atoms with Gasteiger partial charge in [0.15, 0.2) is 5.16 Å². The number of amides is 2. The summed E-state index contributed by atoms with van der Waals surface area (Å²) in [7, 11) is 1.50. The lowest BCUT2D eigenvalue weighted by Gasteiger charge is -2.13. The summed E-state index contributed by atoms with van der Waals surface area (Å²) >= 11 is 2.64. The van der Waals surface area contributed by atoms with Crippen molar-refractivity contribution in [3.63, 3.8) is 0 Å². The Morgan fingerprint density at radius 1 is 1.31 bits per heavy atom. The minimum atomic E-state index is -0.300. The second-order valence-electron chi connectivity index (χ2n) is 7.00. The van der Waals surface area contributed by atoms with Crippen LogP contribution in [0, 0.1) is 13.8 Å². The molecule has 0 fully saturated rings. The van der Waals surface area contributed by atoms with E-state index in [1.807, 2.05) is 13.8 Å². The molecule has 0 aliphatic carbocycles. The van der Waals surface area contributed by atoms with Crippen LogP contribution in [0.25, 0.3) is 10.2 Å². The molecule has 2 heterocycles. The van der Waals surface area contributed by atoms with Crippen LogP contribution in [0.4, 0.5) is 11.4 Å². The van der Waals surface area contributed by atoms with Gasteiger partial charge in [0.05, 0.1) is 23.9 Å². The topological polar surface area (TPSA) is 102 Å². The number of rotatable bonds is 8. The van der Waals surface area contributed by atoms with Crippen LogP contribution in [0.3, 0.4) is 0 Å². The number of ether oxygens (including phenoxy) is 1. The number of carbonyl (C=O) groups is 2. The average molecular weight is 473 g/mol. The van der Waals surface area contributed by atoms with Gasteiger partial charge in [-0.25, -0.2) is 4.98 Å². The van der Waals surface area contributed by atoms with E-state index < -0.39 is 0 Å². The summed E-state index contributed by atoms with van der Waals surface area (Å²) < 4.78 is 6.83. The number of hydrogen-bond donors (Lipinski definition) is 2. The fourth-order valence-electron chi connectivity index (χ4n) is 3.11. The number of carbonyl (C=O) groups excluding carboxylic acids is 2. The van der Waals surface area contributed by atoms with E-state index in [2.05, 4.69) is 22.2 Å². The number of benzene rings is 1. The zero-order valence-electron chi connectivity index (χ0n) is 18.3. The molecule has 0 spiro atoms. The first-order valence-electron chi connectivity index (χ1n) is 9.74. The maximum atomic E-state index is 13.0. The summed E-state index contributed by atoms with van der Waals surface area (Å²) in [5, 5.41) is 6.53. The van der Waals surface area contributed by atoms with E-state index in [9.17, 15) is 14.4 Å².